The van der Waals surface area contributed by atoms with E-state index >= 15 is 0 Å². The number of hydrogen-bond donors (Lipinski definition) is 1. The average Bonchev–Trinajstić information content (AvgIpc) is 2.38. The maximum atomic E-state index is 12.4. The van der Waals surface area contributed by atoms with E-state index in [0.29, 0.717) is 12.5 Å². The van der Waals surface area contributed by atoms with Gasteiger partial charge in [0.1, 0.15) is 0 Å². The summed E-state index contributed by atoms with van der Waals surface area (Å²) in [5.74, 6) is 0.827. The van der Waals surface area contributed by atoms with E-state index in [4.69, 9.17) is 10.5 Å². The lowest BCUT2D eigenvalue weighted by molar-refractivity contribution is -0.142. The van der Waals surface area contributed by atoms with E-state index in [2.05, 4.69) is 0 Å². The van der Waals surface area contributed by atoms with Crippen molar-refractivity contribution < 1.29 is 9.53 Å². The molecule has 0 radical (unpaired) electrons. The number of ether oxygens (including phenoxy) is 1. The van der Waals surface area contributed by atoms with Crippen LogP contribution in [0.25, 0.3) is 0 Å². The summed E-state index contributed by atoms with van der Waals surface area (Å²) in [7, 11) is 1.74. The van der Waals surface area contributed by atoms with Gasteiger partial charge in [0.05, 0.1) is 5.41 Å². The Balaban J connectivity index is 2.51. The van der Waals surface area contributed by atoms with E-state index in [-0.39, 0.29) is 11.3 Å². The van der Waals surface area contributed by atoms with Gasteiger partial charge in [-0.3, -0.25) is 4.79 Å². The first-order valence-electron chi connectivity index (χ1n) is 6.55. The lowest BCUT2D eigenvalue weighted by Crippen LogP contribution is -2.49. The summed E-state index contributed by atoms with van der Waals surface area (Å²) in [5, 5.41) is 0. The van der Waals surface area contributed by atoms with Gasteiger partial charge in [0, 0.05) is 33.4 Å². The van der Waals surface area contributed by atoms with Crippen LogP contribution in [0.2, 0.25) is 0 Å². The number of methoxy groups -OCH3 is 1. The number of rotatable bonds is 5. The van der Waals surface area contributed by atoms with Gasteiger partial charge in [-0.05, 0) is 32.1 Å². The molecule has 4 heteroatoms. The van der Waals surface area contributed by atoms with Gasteiger partial charge >= 0.3 is 0 Å². The van der Waals surface area contributed by atoms with Gasteiger partial charge in [0.25, 0.3) is 0 Å². The van der Waals surface area contributed by atoms with Gasteiger partial charge in [-0.25, -0.2) is 0 Å². The van der Waals surface area contributed by atoms with Gasteiger partial charge in [-0.2, -0.15) is 0 Å². The summed E-state index contributed by atoms with van der Waals surface area (Å²) >= 11 is 0. The first-order valence-corrected chi connectivity index (χ1v) is 6.55. The normalized spacial score (nSPS) is 21.3. The molecule has 1 saturated heterocycles. The molecule has 100 valence electrons. The number of hydrogen-bond acceptors (Lipinski definition) is 3. The first kappa shape index (κ1) is 14.5. The monoisotopic (exact) mass is 242 g/mol. The van der Waals surface area contributed by atoms with Crippen molar-refractivity contribution in [3.63, 3.8) is 0 Å². The standard InChI is InChI=1S/C13H26N2O2/c1-4-13(2,10-14)12(16)15-7-5-11(6-8-15)9-17-3/h11H,4-10,14H2,1-3H3. The Morgan fingerprint density at radius 1 is 1.47 bits per heavy atom. The highest BCUT2D eigenvalue weighted by Crippen LogP contribution is 2.26. The number of carbonyl (C=O) groups excluding carboxylic acids is 1. The highest BCUT2D eigenvalue weighted by molar-refractivity contribution is 5.82. The van der Waals surface area contributed by atoms with E-state index in [1.807, 2.05) is 18.7 Å². The number of nitrogens with two attached hydrogens (primary N) is 1. The number of nitrogens with zero attached hydrogens (tertiary/aromatic N) is 1. The highest BCUT2D eigenvalue weighted by Gasteiger charge is 2.35. The van der Waals surface area contributed by atoms with Gasteiger partial charge in [0.2, 0.25) is 5.91 Å². The fourth-order valence-electron chi connectivity index (χ4n) is 2.30. The molecule has 1 heterocycles. The van der Waals surface area contributed by atoms with Crippen LogP contribution in [0.5, 0.6) is 0 Å². The molecule has 0 aromatic rings. The molecule has 0 bridgehead atoms. The van der Waals surface area contributed by atoms with E-state index in [1.165, 1.54) is 0 Å². The van der Waals surface area contributed by atoms with Crippen LogP contribution in [0.1, 0.15) is 33.1 Å². The van der Waals surface area contributed by atoms with Crippen LogP contribution in [0, 0.1) is 11.3 Å². The second-order valence-electron chi connectivity index (χ2n) is 5.31. The number of amides is 1. The first-order chi connectivity index (χ1) is 8.07. The molecule has 2 N–H and O–H groups in total. The number of likely N-dealkylation sites (tertiary alicyclic amines) is 1. The molecular formula is C13H26N2O2. The predicted molar refractivity (Wildman–Crippen MR) is 68.6 cm³/mol. The molecular weight excluding hydrogens is 216 g/mol. The Hall–Kier alpha value is -0.610. The third-order valence-electron chi connectivity index (χ3n) is 4.05. The largest absolute Gasteiger partial charge is 0.384 e. The van der Waals surface area contributed by atoms with Crippen molar-refractivity contribution in [1.29, 1.82) is 0 Å². The molecule has 4 nitrogen and oxygen atoms in total. The van der Waals surface area contributed by atoms with E-state index < -0.39 is 0 Å². The predicted octanol–water partition coefficient (Wildman–Crippen LogP) is 1.25. The molecule has 1 amide bonds. The van der Waals surface area contributed by atoms with Gasteiger partial charge in [-0.1, -0.05) is 6.92 Å². The van der Waals surface area contributed by atoms with Gasteiger partial charge in [0.15, 0.2) is 0 Å². The third-order valence-corrected chi connectivity index (χ3v) is 4.05. The molecule has 0 aromatic carbocycles. The minimum Gasteiger partial charge on any atom is -0.384 e. The second kappa shape index (κ2) is 6.36. The average molecular weight is 242 g/mol. The summed E-state index contributed by atoms with van der Waals surface area (Å²) in [6.45, 7) is 6.94. The number of carbonyl (C=O) groups is 1. The fourth-order valence-corrected chi connectivity index (χ4v) is 2.30. The Kier molecular flexibility index (Phi) is 5.40. The maximum Gasteiger partial charge on any atom is 0.229 e. The Morgan fingerprint density at radius 3 is 2.47 bits per heavy atom. The van der Waals surface area contributed by atoms with Gasteiger partial charge in [-0.15, -0.1) is 0 Å². The SMILES string of the molecule is CCC(C)(CN)C(=O)N1CCC(COC)CC1. The van der Waals surface area contributed by atoms with E-state index in [9.17, 15) is 4.79 Å². The minimum atomic E-state index is -0.381. The van der Waals surface area contributed by atoms with Gasteiger partial charge < -0.3 is 15.4 Å². The van der Waals surface area contributed by atoms with Crippen LogP contribution >= 0.6 is 0 Å². The van der Waals surface area contributed by atoms with Crippen molar-refractivity contribution in [1.82, 2.24) is 4.90 Å². The second-order valence-corrected chi connectivity index (χ2v) is 5.31. The maximum absolute atomic E-state index is 12.4. The van der Waals surface area contributed by atoms with Crippen LogP contribution in [-0.4, -0.2) is 44.2 Å². The molecule has 1 aliphatic heterocycles. The van der Waals surface area contributed by atoms with E-state index in [0.717, 1.165) is 39.0 Å². The van der Waals surface area contributed by atoms with Crippen LogP contribution in [-0.2, 0) is 9.53 Å². The topological polar surface area (TPSA) is 55.6 Å². The summed E-state index contributed by atoms with van der Waals surface area (Å²) < 4.78 is 5.16. The summed E-state index contributed by atoms with van der Waals surface area (Å²) in [6.07, 6.45) is 2.90. The molecule has 1 unspecified atom stereocenters. The number of piperidine rings is 1. The Labute approximate surface area is 104 Å². The van der Waals surface area contributed by atoms with Crippen molar-refractivity contribution in [2.24, 2.45) is 17.1 Å². The van der Waals surface area contributed by atoms with Crippen LogP contribution in [0.3, 0.4) is 0 Å². The zero-order valence-electron chi connectivity index (χ0n) is 11.4. The van der Waals surface area contributed by atoms with Crippen molar-refractivity contribution >= 4 is 5.91 Å². The van der Waals surface area contributed by atoms with Crippen molar-refractivity contribution in [3.8, 4) is 0 Å². The summed E-state index contributed by atoms with van der Waals surface area (Å²) in [4.78, 5) is 14.3. The highest BCUT2D eigenvalue weighted by atomic mass is 16.5. The Morgan fingerprint density at radius 2 is 2.06 bits per heavy atom. The minimum absolute atomic E-state index is 0.221. The summed E-state index contributed by atoms with van der Waals surface area (Å²) in [6, 6.07) is 0. The Bertz CT molecular complexity index is 244. The van der Waals surface area contributed by atoms with Crippen molar-refractivity contribution in [2.75, 3.05) is 33.4 Å². The fraction of sp³-hybridized carbons (Fsp3) is 0.923. The van der Waals surface area contributed by atoms with Crippen molar-refractivity contribution in [2.45, 2.75) is 33.1 Å². The molecule has 1 aliphatic rings. The quantitative estimate of drug-likeness (QED) is 0.789. The third kappa shape index (κ3) is 3.42. The summed E-state index contributed by atoms with van der Waals surface area (Å²) in [5.41, 5.74) is 5.35. The molecule has 0 aromatic heterocycles. The van der Waals surface area contributed by atoms with E-state index in [1.54, 1.807) is 7.11 Å². The molecule has 1 rings (SSSR count). The lowest BCUT2D eigenvalue weighted by atomic mass is 9.85. The van der Waals surface area contributed by atoms with Crippen LogP contribution < -0.4 is 5.73 Å². The molecule has 1 atom stereocenters. The zero-order valence-corrected chi connectivity index (χ0v) is 11.4. The smallest absolute Gasteiger partial charge is 0.229 e. The van der Waals surface area contributed by atoms with Crippen LogP contribution in [0.4, 0.5) is 0 Å². The lowest BCUT2D eigenvalue weighted by Gasteiger charge is -2.37. The van der Waals surface area contributed by atoms with Crippen LogP contribution in [0.15, 0.2) is 0 Å². The van der Waals surface area contributed by atoms with Crippen molar-refractivity contribution in [3.05, 3.63) is 0 Å². The zero-order chi connectivity index (χ0) is 12.9. The molecule has 0 spiro atoms. The molecule has 1 fully saturated rings. The molecule has 0 saturated carbocycles. The molecule has 0 aliphatic carbocycles. The molecule has 17 heavy (non-hydrogen) atoms.